The molecule has 0 bridgehead atoms. The first-order valence-corrected chi connectivity index (χ1v) is 11.5. The molecule has 0 spiro atoms. The highest BCUT2D eigenvalue weighted by molar-refractivity contribution is 5.85. The van der Waals surface area contributed by atoms with Crippen LogP contribution in [0.5, 0.6) is 5.88 Å². The molecule has 0 saturated heterocycles. The van der Waals surface area contributed by atoms with E-state index in [1.807, 2.05) is 55.5 Å². The molecule has 1 heterocycles. The number of halogens is 1. The Balaban J connectivity index is 1.38. The minimum absolute atomic E-state index is 0.159. The van der Waals surface area contributed by atoms with E-state index in [9.17, 15) is 9.18 Å². The fourth-order valence-corrected chi connectivity index (χ4v) is 3.64. The Bertz CT molecular complexity index is 1290. The molecule has 180 valence electrons. The van der Waals surface area contributed by atoms with Gasteiger partial charge in [-0.2, -0.15) is 4.98 Å². The summed E-state index contributed by atoms with van der Waals surface area (Å²) in [6, 6.07) is 21.8. The number of benzene rings is 3. The highest BCUT2D eigenvalue weighted by atomic mass is 19.1. The van der Waals surface area contributed by atoms with Crippen molar-refractivity contribution in [2.45, 2.75) is 25.9 Å². The number of carbonyl (C=O) groups is 1. The SMILES string of the molecule is COC(=O)C(OCCCCOc1nc(-c2ccc(C)cc2)nc2ccccc12)c1ccccc1F. The average Bonchev–Trinajstić information content (AvgIpc) is 2.88. The third kappa shape index (κ3) is 6.00. The lowest BCUT2D eigenvalue weighted by Crippen LogP contribution is -2.19. The summed E-state index contributed by atoms with van der Waals surface area (Å²) in [4.78, 5) is 21.5. The standard InChI is InChI=1S/C28H27FN2O4/c1-19-13-15-20(16-14-19)26-30-24-12-6-4-10-22(24)27(31-26)35-18-8-7-17-34-25(28(32)33-2)21-9-3-5-11-23(21)29/h3-6,9-16,25H,7-8,17-18H2,1-2H3. The van der Waals surface area contributed by atoms with Gasteiger partial charge in [-0.05, 0) is 38.0 Å². The van der Waals surface area contributed by atoms with Crippen molar-refractivity contribution in [1.82, 2.24) is 9.97 Å². The van der Waals surface area contributed by atoms with Gasteiger partial charge in [-0.25, -0.2) is 14.2 Å². The molecule has 0 aliphatic carbocycles. The molecule has 35 heavy (non-hydrogen) atoms. The summed E-state index contributed by atoms with van der Waals surface area (Å²) >= 11 is 0. The van der Waals surface area contributed by atoms with Gasteiger partial charge in [-0.1, -0.05) is 60.2 Å². The van der Waals surface area contributed by atoms with Gasteiger partial charge in [0, 0.05) is 17.7 Å². The van der Waals surface area contributed by atoms with Gasteiger partial charge < -0.3 is 14.2 Å². The number of methoxy groups -OCH3 is 1. The quantitative estimate of drug-likeness (QED) is 0.213. The first-order chi connectivity index (χ1) is 17.1. The van der Waals surface area contributed by atoms with Crippen LogP contribution in [0.15, 0.2) is 72.8 Å². The summed E-state index contributed by atoms with van der Waals surface area (Å²) in [6.45, 7) is 2.68. The smallest absolute Gasteiger partial charge is 0.339 e. The third-order valence-corrected chi connectivity index (χ3v) is 5.54. The summed E-state index contributed by atoms with van der Waals surface area (Å²) in [6.07, 6.45) is 0.157. The summed E-state index contributed by atoms with van der Waals surface area (Å²) in [7, 11) is 1.25. The lowest BCUT2D eigenvalue weighted by Gasteiger charge is -2.16. The van der Waals surface area contributed by atoms with Gasteiger partial charge in [0.1, 0.15) is 5.82 Å². The second-order valence-corrected chi connectivity index (χ2v) is 8.09. The zero-order valence-electron chi connectivity index (χ0n) is 19.7. The molecule has 6 nitrogen and oxygen atoms in total. The van der Waals surface area contributed by atoms with Crippen molar-refractivity contribution in [3.05, 3.63) is 89.7 Å². The topological polar surface area (TPSA) is 70.5 Å². The van der Waals surface area contributed by atoms with E-state index in [0.717, 1.165) is 22.0 Å². The van der Waals surface area contributed by atoms with Crippen molar-refractivity contribution < 1.29 is 23.4 Å². The first-order valence-electron chi connectivity index (χ1n) is 11.5. The minimum atomic E-state index is -1.11. The summed E-state index contributed by atoms with van der Waals surface area (Å²) in [5.41, 5.74) is 3.05. The van der Waals surface area contributed by atoms with Crippen molar-refractivity contribution in [2.24, 2.45) is 0 Å². The molecule has 1 unspecified atom stereocenters. The molecule has 0 radical (unpaired) electrons. The fraction of sp³-hybridized carbons (Fsp3) is 0.250. The summed E-state index contributed by atoms with van der Waals surface area (Å²) in [5.74, 6) is -0.0209. The van der Waals surface area contributed by atoms with Crippen molar-refractivity contribution in [3.63, 3.8) is 0 Å². The number of rotatable bonds is 10. The number of unbranched alkanes of at least 4 members (excludes halogenated alkanes) is 1. The molecule has 1 atom stereocenters. The molecule has 0 aliphatic heterocycles. The predicted molar refractivity (Wildman–Crippen MR) is 132 cm³/mol. The van der Waals surface area contributed by atoms with E-state index in [1.165, 1.54) is 19.2 Å². The number of fused-ring (bicyclic) bond motifs is 1. The highest BCUT2D eigenvalue weighted by Gasteiger charge is 2.25. The van der Waals surface area contributed by atoms with Gasteiger partial charge in [-0.15, -0.1) is 0 Å². The van der Waals surface area contributed by atoms with E-state index in [2.05, 4.69) is 9.97 Å². The molecule has 0 amide bonds. The third-order valence-electron chi connectivity index (χ3n) is 5.54. The van der Waals surface area contributed by atoms with E-state index in [1.54, 1.807) is 12.1 Å². The fourth-order valence-electron chi connectivity index (χ4n) is 3.64. The molecule has 0 aliphatic rings. The minimum Gasteiger partial charge on any atom is -0.477 e. The highest BCUT2D eigenvalue weighted by Crippen LogP contribution is 2.27. The van der Waals surface area contributed by atoms with E-state index in [0.29, 0.717) is 31.2 Å². The lowest BCUT2D eigenvalue weighted by atomic mass is 10.1. The van der Waals surface area contributed by atoms with Crippen molar-refractivity contribution >= 4 is 16.9 Å². The average molecular weight is 475 g/mol. The molecule has 0 N–H and O–H groups in total. The van der Waals surface area contributed by atoms with Crippen LogP contribution in [0, 0.1) is 12.7 Å². The number of aryl methyl sites for hydroxylation is 1. The van der Waals surface area contributed by atoms with Gasteiger partial charge in [-0.3, -0.25) is 0 Å². The van der Waals surface area contributed by atoms with Crippen molar-refractivity contribution in [1.29, 1.82) is 0 Å². The van der Waals surface area contributed by atoms with Crippen LogP contribution in [0.2, 0.25) is 0 Å². The van der Waals surface area contributed by atoms with Gasteiger partial charge in [0.25, 0.3) is 0 Å². The Kier molecular flexibility index (Phi) is 8.00. The number of hydrogen-bond donors (Lipinski definition) is 0. The van der Waals surface area contributed by atoms with Gasteiger partial charge >= 0.3 is 5.97 Å². The van der Waals surface area contributed by atoms with Gasteiger partial charge in [0.05, 0.1) is 24.6 Å². The number of nitrogens with zero attached hydrogens (tertiary/aromatic N) is 2. The summed E-state index contributed by atoms with van der Waals surface area (Å²) < 4.78 is 30.6. The van der Waals surface area contributed by atoms with E-state index >= 15 is 0 Å². The maximum Gasteiger partial charge on any atom is 0.339 e. The number of aromatic nitrogens is 2. The second kappa shape index (κ2) is 11.5. The maximum atomic E-state index is 14.1. The van der Waals surface area contributed by atoms with Crippen LogP contribution < -0.4 is 4.74 Å². The molecular weight excluding hydrogens is 447 g/mol. The molecular formula is C28H27FN2O4. The van der Waals surface area contributed by atoms with Crippen LogP contribution >= 0.6 is 0 Å². The Morgan fingerprint density at radius 1 is 0.914 bits per heavy atom. The Morgan fingerprint density at radius 3 is 2.40 bits per heavy atom. The molecule has 7 heteroatoms. The van der Waals surface area contributed by atoms with E-state index in [4.69, 9.17) is 14.2 Å². The van der Waals surface area contributed by atoms with Crippen molar-refractivity contribution in [2.75, 3.05) is 20.3 Å². The monoisotopic (exact) mass is 474 g/mol. The van der Waals surface area contributed by atoms with Gasteiger partial charge in [0.15, 0.2) is 11.9 Å². The van der Waals surface area contributed by atoms with E-state index in [-0.39, 0.29) is 12.2 Å². The van der Waals surface area contributed by atoms with E-state index < -0.39 is 17.9 Å². The molecule has 1 aromatic heterocycles. The maximum absolute atomic E-state index is 14.1. The molecule has 4 rings (SSSR count). The first kappa shape index (κ1) is 24.3. The molecule has 0 fully saturated rings. The van der Waals surface area contributed by atoms with Crippen LogP contribution in [-0.2, 0) is 14.3 Å². The zero-order valence-corrected chi connectivity index (χ0v) is 19.7. The number of esters is 1. The van der Waals surface area contributed by atoms with Gasteiger partial charge in [0.2, 0.25) is 5.88 Å². The van der Waals surface area contributed by atoms with Crippen LogP contribution in [0.25, 0.3) is 22.3 Å². The second-order valence-electron chi connectivity index (χ2n) is 8.09. The number of para-hydroxylation sites is 1. The number of hydrogen-bond acceptors (Lipinski definition) is 6. The Morgan fingerprint density at radius 2 is 1.63 bits per heavy atom. The normalized spacial score (nSPS) is 11.9. The molecule has 0 saturated carbocycles. The van der Waals surface area contributed by atoms with Crippen LogP contribution in [-0.4, -0.2) is 36.3 Å². The van der Waals surface area contributed by atoms with Crippen LogP contribution in [0.4, 0.5) is 4.39 Å². The lowest BCUT2D eigenvalue weighted by molar-refractivity contribution is -0.155. The van der Waals surface area contributed by atoms with Crippen LogP contribution in [0.1, 0.15) is 30.1 Å². The molecule has 3 aromatic carbocycles. The summed E-state index contributed by atoms with van der Waals surface area (Å²) in [5, 5.41) is 0.838. The number of ether oxygens (including phenoxy) is 3. The predicted octanol–water partition coefficient (Wildman–Crippen LogP) is 5.83. The Hall–Kier alpha value is -3.84. The largest absolute Gasteiger partial charge is 0.477 e. The molecule has 4 aromatic rings. The zero-order chi connectivity index (χ0) is 24.6. The van der Waals surface area contributed by atoms with Crippen molar-refractivity contribution in [3.8, 4) is 17.3 Å². The van der Waals surface area contributed by atoms with Crippen LogP contribution in [0.3, 0.4) is 0 Å². The number of carbonyl (C=O) groups excluding carboxylic acids is 1. The Labute approximate surface area is 203 Å².